The Bertz CT molecular complexity index is 536. The number of hydrogen-bond acceptors (Lipinski definition) is 6. The van der Waals surface area contributed by atoms with Gasteiger partial charge in [-0.05, 0) is 19.4 Å². The second-order valence-corrected chi connectivity index (χ2v) is 4.27. The fraction of sp³-hybridized carbons (Fsp3) is 0.417. The third-order valence-corrected chi connectivity index (χ3v) is 2.91. The van der Waals surface area contributed by atoms with Crippen LogP contribution in [-0.4, -0.2) is 22.2 Å². The first-order valence-corrected chi connectivity index (χ1v) is 5.70. The minimum absolute atomic E-state index is 0.384. The van der Waals surface area contributed by atoms with Crippen LogP contribution in [0.5, 0.6) is 5.75 Å². The molecule has 18 heavy (non-hydrogen) atoms. The average Bonchev–Trinajstić information content (AvgIpc) is 2.89. The van der Waals surface area contributed by atoms with E-state index in [4.69, 9.17) is 15.0 Å². The summed E-state index contributed by atoms with van der Waals surface area (Å²) < 4.78 is 10.4. The molecule has 0 bridgehead atoms. The van der Waals surface area contributed by atoms with E-state index in [2.05, 4.69) is 15.1 Å². The number of hydrogen-bond donors (Lipinski definition) is 1. The molecular formula is C12H16N4O2. The number of ether oxygens (including phenoxy) is 1. The highest BCUT2D eigenvalue weighted by Gasteiger charge is 2.26. The van der Waals surface area contributed by atoms with E-state index in [1.54, 1.807) is 25.6 Å². The lowest BCUT2D eigenvalue weighted by Crippen LogP contribution is -2.33. The van der Waals surface area contributed by atoms with Gasteiger partial charge in [0.05, 0.1) is 24.4 Å². The molecule has 0 saturated heterocycles. The lowest BCUT2D eigenvalue weighted by molar-refractivity contribution is 0.376. The van der Waals surface area contributed by atoms with Gasteiger partial charge in [0.15, 0.2) is 5.82 Å². The van der Waals surface area contributed by atoms with Gasteiger partial charge in [0.25, 0.3) is 5.89 Å². The minimum atomic E-state index is -0.595. The highest BCUT2D eigenvalue weighted by atomic mass is 16.5. The van der Waals surface area contributed by atoms with E-state index >= 15 is 0 Å². The van der Waals surface area contributed by atoms with E-state index in [1.807, 2.05) is 13.8 Å². The Labute approximate surface area is 105 Å². The summed E-state index contributed by atoms with van der Waals surface area (Å²) in [5.41, 5.74) is 6.18. The standard InChI is InChI=1S/C12H16N4O2/c1-4-12(2,13)11-15-10(18-16-11)8-5-6-14-7-9(8)17-3/h5-7H,4,13H2,1-3H3. The molecule has 2 aromatic heterocycles. The maximum atomic E-state index is 6.07. The quantitative estimate of drug-likeness (QED) is 0.886. The van der Waals surface area contributed by atoms with Crippen molar-refractivity contribution in [1.29, 1.82) is 0 Å². The molecule has 0 fully saturated rings. The van der Waals surface area contributed by atoms with E-state index in [-0.39, 0.29) is 0 Å². The number of methoxy groups -OCH3 is 1. The molecule has 2 rings (SSSR count). The number of aromatic nitrogens is 3. The van der Waals surface area contributed by atoms with Gasteiger partial charge in [0.1, 0.15) is 5.75 Å². The van der Waals surface area contributed by atoms with Gasteiger partial charge in [-0.15, -0.1) is 0 Å². The van der Waals surface area contributed by atoms with Crippen molar-refractivity contribution in [3.05, 3.63) is 24.3 Å². The molecule has 1 atom stereocenters. The molecule has 0 aliphatic carbocycles. The van der Waals surface area contributed by atoms with Crippen molar-refractivity contribution in [1.82, 2.24) is 15.1 Å². The Morgan fingerprint density at radius 1 is 1.50 bits per heavy atom. The summed E-state index contributed by atoms with van der Waals surface area (Å²) in [5, 5.41) is 3.92. The van der Waals surface area contributed by atoms with Gasteiger partial charge in [0.2, 0.25) is 0 Å². The Morgan fingerprint density at radius 2 is 2.28 bits per heavy atom. The largest absolute Gasteiger partial charge is 0.494 e. The molecule has 2 N–H and O–H groups in total. The van der Waals surface area contributed by atoms with Gasteiger partial charge in [0, 0.05) is 6.20 Å². The Hall–Kier alpha value is -1.95. The van der Waals surface area contributed by atoms with Gasteiger partial charge in [-0.1, -0.05) is 12.1 Å². The first-order valence-electron chi connectivity index (χ1n) is 5.70. The van der Waals surface area contributed by atoms with Gasteiger partial charge in [-0.25, -0.2) is 0 Å². The minimum Gasteiger partial charge on any atom is -0.494 e. The zero-order valence-electron chi connectivity index (χ0n) is 10.7. The molecule has 0 aliphatic rings. The van der Waals surface area contributed by atoms with E-state index in [1.165, 1.54) is 0 Å². The maximum Gasteiger partial charge on any atom is 0.261 e. The van der Waals surface area contributed by atoms with Crippen LogP contribution in [0.4, 0.5) is 0 Å². The van der Waals surface area contributed by atoms with Crippen molar-refractivity contribution in [2.75, 3.05) is 7.11 Å². The zero-order chi connectivity index (χ0) is 13.2. The van der Waals surface area contributed by atoms with Crippen LogP contribution in [0, 0.1) is 0 Å². The van der Waals surface area contributed by atoms with Crippen LogP contribution in [0.2, 0.25) is 0 Å². The van der Waals surface area contributed by atoms with Crippen LogP contribution in [0.15, 0.2) is 23.0 Å². The van der Waals surface area contributed by atoms with Crippen LogP contribution >= 0.6 is 0 Å². The van der Waals surface area contributed by atoms with Crippen molar-refractivity contribution in [2.24, 2.45) is 5.73 Å². The van der Waals surface area contributed by atoms with Gasteiger partial charge >= 0.3 is 0 Å². The summed E-state index contributed by atoms with van der Waals surface area (Å²) in [6, 6.07) is 1.76. The zero-order valence-corrected chi connectivity index (χ0v) is 10.7. The number of nitrogens with two attached hydrogens (primary N) is 1. The van der Waals surface area contributed by atoms with Crippen molar-refractivity contribution in [3.8, 4) is 17.2 Å². The molecule has 0 saturated carbocycles. The smallest absolute Gasteiger partial charge is 0.261 e. The molecule has 0 amide bonds. The third-order valence-electron chi connectivity index (χ3n) is 2.91. The Morgan fingerprint density at radius 3 is 2.94 bits per heavy atom. The molecular weight excluding hydrogens is 232 g/mol. The van der Waals surface area contributed by atoms with Gasteiger partial charge in [-0.2, -0.15) is 4.98 Å². The number of pyridine rings is 1. The van der Waals surface area contributed by atoms with Crippen LogP contribution in [0.3, 0.4) is 0 Å². The number of rotatable bonds is 4. The van der Waals surface area contributed by atoms with Crippen LogP contribution in [0.1, 0.15) is 26.1 Å². The Balaban J connectivity index is 2.41. The maximum absolute atomic E-state index is 6.07. The first kappa shape index (κ1) is 12.5. The van der Waals surface area contributed by atoms with Gasteiger partial charge in [-0.3, -0.25) is 4.98 Å². The highest BCUT2D eigenvalue weighted by Crippen LogP contribution is 2.29. The molecule has 1 unspecified atom stereocenters. The summed E-state index contributed by atoms with van der Waals surface area (Å²) >= 11 is 0. The van der Waals surface area contributed by atoms with E-state index in [9.17, 15) is 0 Å². The summed E-state index contributed by atoms with van der Waals surface area (Å²) in [7, 11) is 1.57. The summed E-state index contributed by atoms with van der Waals surface area (Å²) in [4.78, 5) is 8.29. The fourth-order valence-electron chi connectivity index (χ4n) is 1.44. The summed E-state index contributed by atoms with van der Waals surface area (Å²) in [6.45, 7) is 3.84. The predicted molar refractivity (Wildman–Crippen MR) is 65.9 cm³/mol. The third kappa shape index (κ3) is 2.19. The molecule has 0 spiro atoms. The van der Waals surface area contributed by atoms with E-state index in [0.717, 1.165) is 6.42 Å². The first-order chi connectivity index (χ1) is 8.58. The molecule has 2 heterocycles. The van der Waals surface area contributed by atoms with E-state index in [0.29, 0.717) is 23.0 Å². The summed E-state index contributed by atoms with van der Waals surface area (Å²) in [5.74, 6) is 1.45. The molecule has 0 aromatic carbocycles. The normalized spacial score (nSPS) is 14.2. The predicted octanol–water partition coefficient (Wildman–Crippen LogP) is 1.72. The lowest BCUT2D eigenvalue weighted by Gasteiger charge is -2.16. The molecule has 6 heteroatoms. The monoisotopic (exact) mass is 248 g/mol. The molecule has 6 nitrogen and oxygen atoms in total. The summed E-state index contributed by atoms with van der Waals surface area (Å²) in [6.07, 6.45) is 3.96. The molecule has 96 valence electrons. The lowest BCUT2D eigenvalue weighted by atomic mass is 10.0. The van der Waals surface area contributed by atoms with Crippen molar-refractivity contribution >= 4 is 0 Å². The van der Waals surface area contributed by atoms with E-state index < -0.39 is 5.54 Å². The Kier molecular flexibility index (Phi) is 3.29. The van der Waals surface area contributed by atoms with Gasteiger partial charge < -0.3 is 15.0 Å². The van der Waals surface area contributed by atoms with Crippen molar-refractivity contribution in [2.45, 2.75) is 25.8 Å². The topological polar surface area (TPSA) is 87.1 Å². The second-order valence-electron chi connectivity index (χ2n) is 4.27. The van der Waals surface area contributed by atoms with Crippen molar-refractivity contribution < 1.29 is 9.26 Å². The SMILES string of the molecule is CCC(C)(N)c1noc(-c2ccncc2OC)n1. The highest BCUT2D eigenvalue weighted by molar-refractivity contribution is 5.61. The molecule has 0 aliphatic heterocycles. The van der Waals surface area contributed by atoms with Crippen LogP contribution < -0.4 is 10.5 Å². The molecule has 2 aromatic rings. The molecule has 0 radical (unpaired) electrons. The van der Waals surface area contributed by atoms with Crippen LogP contribution in [0.25, 0.3) is 11.5 Å². The van der Waals surface area contributed by atoms with Crippen molar-refractivity contribution in [3.63, 3.8) is 0 Å². The average molecular weight is 248 g/mol. The fourth-order valence-corrected chi connectivity index (χ4v) is 1.44. The number of nitrogens with zero attached hydrogens (tertiary/aromatic N) is 3. The second kappa shape index (κ2) is 4.73. The van der Waals surface area contributed by atoms with Crippen LogP contribution in [-0.2, 0) is 5.54 Å².